The summed E-state index contributed by atoms with van der Waals surface area (Å²) in [5.74, 6) is 1.53. The number of rotatable bonds is 5. The molecule has 0 aromatic rings. The van der Waals surface area contributed by atoms with E-state index in [-0.39, 0.29) is 5.60 Å². The van der Waals surface area contributed by atoms with Crippen LogP contribution in [0.2, 0.25) is 0 Å². The van der Waals surface area contributed by atoms with E-state index >= 15 is 0 Å². The fourth-order valence-corrected chi connectivity index (χ4v) is 2.41. The van der Waals surface area contributed by atoms with Gasteiger partial charge in [0.2, 0.25) is 0 Å². The summed E-state index contributed by atoms with van der Waals surface area (Å²) in [4.78, 5) is 2.51. The molecule has 1 rings (SSSR count). The van der Waals surface area contributed by atoms with E-state index in [1.807, 2.05) is 0 Å². The summed E-state index contributed by atoms with van der Waals surface area (Å²) < 4.78 is 5.69. The molecule has 0 aromatic carbocycles. The Hall–Kier alpha value is 0.210. The number of nitrogens with zero attached hydrogens (tertiary/aromatic N) is 1. The van der Waals surface area contributed by atoms with Crippen molar-refractivity contribution >= 4 is 11.6 Å². The molecular weight excluding hydrogens is 210 g/mol. The van der Waals surface area contributed by atoms with Crippen molar-refractivity contribution in [2.45, 2.75) is 39.2 Å². The maximum Gasteiger partial charge on any atom is 0.0753 e. The van der Waals surface area contributed by atoms with Crippen molar-refractivity contribution in [3.05, 3.63) is 0 Å². The summed E-state index contributed by atoms with van der Waals surface area (Å²) in [5.41, 5.74) is 0.0357. The topological polar surface area (TPSA) is 12.5 Å². The molecule has 0 bridgehead atoms. The molecule has 0 aromatic heterocycles. The molecule has 2 nitrogen and oxygen atoms in total. The van der Waals surface area contributed by atoms with E-state index in [9.17, 15) is 0 Å². The minimum atomic E-state index is 0.0357. The van der Waals surface area contributed by atoms with Gasteiger partial charge in [-0.05, 0) is 39.2 Å². The van der Waals surface area contributed by atoms with Crippen molar-refractivity contribution in [2.24, 2.45) is 5.92 Å². The second kappa shape index (κ2) is 6.07. The minimum Gasteiger partial charge on any atom is -0.373 e. The summed E-state index contributed by atoms with van der Waals surface area (Å²) in [5, 5.41) is 0. The van der Waals surface area contributed by atoms with Gasteiger partial charge in [-0.2, -0.15) is 0 Å². The number of hydrogen-bond donors (Lipinski definition) is 0. The van der Waals surface area contributed by atoms with Gasteiger partial charge in [-0.15, -0.1) is 11.6 Å². The molecule has 3 heteroatoms. The van der Waals surface area contributed by atoms with Gasteiger partial charge in [0.1, 0.15) is 0 Å². The fraction of sp³-hybridized carbons (Fsp3) is 1.00. The molecule has 90 valence electrons. The van der Waals surface area contributed by atoms with Crippen molar-refractivity contribution in [1.29, 1.82) is 0 Å². The van der Waals surface area contributed by atoms with Gasteiger partial charge < -0.3 is 4.74 Å². The van der Waals surface area contributed by atoms with E-state index < -0.39 is 0 Å². The lowest BCUT2D eigenvalue weighted by Crippen LogP contribution is -2.48. The number of halogens is 1. The van der Waals surface area contributed by atoms with Gasteiger partial charge >= 0.3 is 0 Å². The predicted molar refractivity (Wildman–Crippen MR) is 65.6 cm³/mol. The van der Waals surface area contributed by atoms with Gasteiger partial charge in [0, 0.05) is 19.0 Å². The van der Waals surface area contributed by atoms with Crippen LogP contribution in [0, 0.1) is 5.92 Å². The lowest BCUT2D eigenvalue weighted by Gasteiger charge is -2.38. The molecule has 0 N–H and O–H groups in total. The van der Waals surface area contributed by atoms with Crippen LogP contribution in [0.15, 0.2) is 0 Å². The summed E-state index contributed by atoms with van der Waals surface area (Å²) in [6.07, 6.45) is 2.39. The highest BCUT2D eigenvalue weighted by Gasteiger charge is 2.26. The lowest BCUT2D eigenvalue weighted by atomic mass is 10.0. The standard InChI is InChI=1S/C12H24ClNO/c1-11(4-6-13)5-7-14-8-9-15-12(2,3)10-14/h11H,4-10H2,1-3H3. The first-order chi connectivity index (χ1) is 7.03. The Bertz CT molecular complexity index is 184. The first kappa shape index (κ1) is 13.3. The highest BCUT2D eigenvalue weighted by atomic mass is 35.5. The molecule has 1 aliphatic heterocycles. The molecule has 1 fully saturated rings. The Morgan fingerprint density at radius 1 is 1.40 bits per heavy atom. The number of morpholine rings is 1. The smallest absolute Gasteiger partial charge is 0.0753 e. The Labute approximate surface area is 98.9 Å². The van der Waals surface area contributed by atoms with Crippen molar-refractivity contribution in [3.8, 4) is 0 Å². The van der Waals surface area contributed by atoms with Gasteiger partial charge in [0.25, 0.3) is 0 Å². The van der Waals surface area contributed by atoms with Gasteiger partial charge in [-0.3, -0.25) is 4.90 Å². The molecular formula is C12H24ClNO. The van der Waals surface area contributed by atoms with E-state index in [1.54, 1.807) is 0 Å². The normalized spacial score (nSPS) is 24.0. The second-order valence-electron chi connectivity index (χ2n) is 5.26. The first-order valence-corrected chi connectivity index (χ1v) is 6.49. The zero-order valence-electron chi connectivity index (χ0n) is 10.3. The Morgan fingerprint density at radius 3 is 2.73 bits per heavy atom. The van der Waals surface area contributed by atoms with Crippen LogP contribution in [0.4, 0.5) is 0 Å². The molecule has 1 unspecified atom stereocenters. The SMILES string of the molecule is CC(CCCl)CCN1CCOC(C)(C)C1. The van der Waals surface area contributed by atoms with Crippen LogP contribution in [0.1, 0.15) is 33.6 Å². The fourth-order valence-electron chi connectivity index (χ4n) is 2.04. The quantitative estimate of drug-likeness (QED) is 0.678. The highest BCUT2D eigenvalue weighted by molar-refractivity contribution is 6.17. The third kappa shape index (κ3) is 5.19. The first-order valence-electron chi connectivity index (χ1n) is 5.96. The van der Waals surface area contributed by atoms with E-state index in [0.29, 0.717) is 0 Å². The largest absolute Gasteiger partial charge is 0.373 e. The predicted octanol–water partition coefficient (Wildman–Crippen LogP) is 2.75. The minimum absolute atomic E-state index is 0.0357. The third-order valence-electron chi connectivity index (χ3n) is 3.04. The summed E-state index contributed by atoms with van der Waals surface area (Å²) in [6.45, 7) is 10.8. The van der Waals surface area contributed by atoms with E-state index in [4.69, 9.17) is 16.3 Å². The molecule has 1 heterocycles. The van der Waals surface area contributed by atoms with Crippen LogP contribution in [0.25, 0.3) is 0 Å². The summed E-state index contributed by atoms with van der Waals surface area (Å²) in [7, 11) is 0. The second-order valence-corrected chi connectivity index (χ2v) is 5.63. The van der Waals surface area contributed by atoms with Crippen LogP contribution in [-0.2, 0) is 4.74 Å². The molecule has 1 saturated heterocycles. The van der Waals surface area contributed by atoms with Gasteiger partial charge in [0.05, 0.1) is 12.2 Å². The Balaban J connectivity index is 2.21. The maximum absolute atomic E-state index is 5.73. The van der Waals surface area contributed by atoms with Crippen LogP contribution >= 0.6 is 11.6 Å². The van der Waals surface area contributed by atoms with Crippen LogP contribution < -0.4 is 0 Å². The monoisotopic (exact) mass is 233 g/mol. The average Bonchev–Trinajstić information content (AvgIpc) is 2.14. The molecule has 0 spiro atoms. The van der Waals surface area contributed by atoms with Crippen molar-refractivity contribution < 1.29 is 4.74 Å². The van der Waals surface area contributed by atoms with Crippen LogP contribution in [0.3, 0.4) is 0 Å². The molecule has 0 aliphatic carbocycles. The van der Waals surface area contributed by atoms with Crippen LogP contribution in [0.5, 0.6) is 0 Å². The molecule has 1 aliphatic rings. The number of ether oxygens (including phenoxy) is 1. The zero-order valence-corrected chi connectivity index (χ0v) is 11.0. The van der Waals surface area contributed by atoms with Crippen molar-refractivity contribution in [1.82, 2.24) is 4.90 Å². The van der Waals surface area contributed by atoms with Crippen LogP contribution in [-0.4, -0.2) is 42.6 Å². The van der Waals surface area contributed by atoms with E-state index in [0.717, 1.165) is 37.9 Å². The molecule has 0 saturated carbocycles. The number of alkyl halides is 1. The average molecular weight is 234 g/mol. The molecule has 1 atom stereocenters. The zero-order chi connectivity index (χ0) is 11.3. The van der Waals surface area contributed by atoms with E-state index in [2.05, 4.69) is 25.7 Å². The van der Waals surface area contributed by atoms with Gasteiger partial charge in [-0.25, -0.2) is 0 Å². The lowest BCUT2D eigenvalue weighted by molar-refractivity contribution is -0.0866. The summed E-state index contributed by atoms with van der Waals surface area (Å²) >= 11 is 5.73. The van der Waals surface area contributed by atoms with Crippen molar-refractivity contribution in [3.63, 3.8) is 0 Å². The number of hydrogen-bond acceptors (Lipinski definition) is 2. The highest BCUT2D eigenvalue weighted by Crippen LogP contribution is 2.18. The molecule has 15 heavy (non-hydrogen) atoms. The summed E-state index contributed by atoms with van der Waals surface area (Å²) in [6, 6.07) is 0. The Morgan fingerprint density at radius 2 is 2.13 bits per heavy atom. The van der Waals surface area contributed by atoms with Crippen molar-refractivity contribution in [2.75, 3.05) is 32.1 Å². The maximum atomic E-state index is 5.73. The molecule has 0 amide bonds. The van der Waals surface area contributed by atoms with E-state index in [1.165, 1.54) is 13.0 Å². The van der Waals surface area contributed by atoms with Gasteiger partial charge in [-0.1, -0.05) is 6.92 Å². The Kier molecular flexibility index (Phi) is 5.37. The molecule has 0 radical (unpaired) electrons. The third-order valence-corrected chi connectivity index (χ3v) is 3.26. The van der Waals surface area contributed by atoms with Gasteiger partial charge in [0.15, 0.2) is 0 Å².